The van der Waals surface area contributed by atoms with Crippen molar-refractivity contribution in [3.63, 3.8) is 0 Å². The van der Waals surface area contributed by atoms with E-state index in [0.29, 0.717) is 23.2 Å². The molecule has 0 aromatic rings. The summed E-state index contributed by atoms with van der Waals surface area (Å²) in [5.74, 6) is 2.23. The van der Waals surface area contributed by atoms with E-state index in [-0.39, 0.29) is 35.8 Å². The monoisotopic (exact) mass is 388 g/mol. The van der Waals surface area contributed by atoms with Gasteiger partial charge in [0.15, 0.2) is 5.78 Å². The molecule has 4 rings (SSSR count). The zero-order valence-corrected chi connectivity index (χ0v) is 18.0. The molecule has 4 nitrogen and oxygen atoms in total. The number of esters is 1. The molecular weight excluding hydrogens is 352 g/mol. The summed E-state index contributed by atoms with van der Waals surface area (Å²) < 4.78 is 10.7. The lowest BCUT2D eigenvalue weighted by molar-refractivity contribution is -0.155. The lowest BCUT2D eigenvalue weighted by atomic mass is 9.46. The quantitative estimate of drug-likeness (QED) is 0.517. The molecule has 3 fully saturated rings. The molecule has 0 radical (unpaired) electrons. The molecule has 0 N–H and O–H groups in total. The van der Waals surface area contributed by atoms with Crippen LogP contribution in [0.1, 0.15) is 72.1 Å². The SMILES string of the molecule is COCC(=O)[C@H]1CC=C2[C@@H]3CCC4CC(OC(C)=O)CC[C@]4(C)[C@H]3CC[C@@]21C. The summed E-state index contributed by atoms with van der Waals surface area (Å²) in [4.78, 5) is 24.1. The van der Waals surface area contributed by atoms with Gasteiger partial charge in [-0.3, -0.25) is 9.59 Å². The number of hydrogen-bond acceptors (Lipinski definition) is 4. The molecule has 0 heterocycles. The molecule has 0 aromatic carbocycles. The number of carbonyl (C=O) groups is 2. The van der Waals surface area contributed by atoms with Crippen LogP contribution in [0.25, 0.3) is 0 Å². The Balaban J connectivity index is 1.52. The minimum atomic E-state index is -0.140. The van der Waals surface area contributed by atoms with E-state index in [2.05, 4.69) is 19.9 Å². The third-order valence-corrected chi connectivity index (χ3v) is 9.03. The van der Waals surface area contributed by atoms with Crippen molar-refractivity contribution in [2.75, 3.05) is 13.7 Å². The molecule has 4 aliphatic rings. The average Bonchev–Trinajstić information content (AvgIpc) is 2.99. The Bertz CT molecular complexity index is 682. The minimum Gasteiger partial charge on any atom is -0.463 e. The Morgan fingerprint density at radius 2 is 1.93 bits per heavy atom. The summed E-state index contributed by atoms with van der Waals surface area (Å²) in [5, 5.41) is 0. The van der Waals surface area contributed by atoms with Gasteiger partial charge in [-0.05, 0) is 80.0 Å². The van der Waals surface area contributed by atoms with Gasteiger partial charge >= 0.3 is 5.97 Å². The number of hydrogen-bond donors (Lipinski definition) is 0. The third kappa shape index (κ3) is 3.07. The van der Waals surface area contributed by atoms with Crippen LogP contribution in [0.4, 0.5) is 0 Å². The highest BCUT2D eigenvalue weighted by Gasteiger charge is 2.58. The molecule has 0 spiro atoms. The van der Waals surface area contributed by atoms with Crippen LogP contribution in [0.15, 0.2) is 11.6 Å². The van der Waals surface area contributed by atoms with Gasteiger partial charge in [-0.2, -0.15) is 0 Å². The van der Waals surface area contributed by atoms with Crippen molar-refractivity contribution in [3.05, 3.63) is 11.6 Å². The molecule has 4 aliphatic carbocycles. The number of ether oxygens (including phenoxy) is 2. The van der Waals surface area contributed by atoms with E-state index in [1.165, 1.54) is 26.2 Å². The standard InChI is InChI=1S/C24H36O4/c1-15(25)28-17-9-11-23(2)16(13-17)5-6-18-19-7-8-21(22(26)14-27-4)24(19,3)12-10-20(18)23/h7,16-18,20-21H,5-6,8-14H2,1-4H3/t16?,17?,18-,20-,21+,23-,24-/m0/s1. The van der Waals surface area contributed by atoms with E-state index in [0.717, 1.165) is 32.1 Å². The highest BCUT2D eigenvalue weighted by molar-refractivity contribution is 5.84. The average molecular weight is 389 g/mol. The molecule has 156 valence electrons. The van der Waals surface area contributed by atoms with Crippen LogP contribution in [-0.4, -0.2) is 31.6 Å². The summed E-state index contributed by atoms with van der Waals surface area (Å²) in [6.07, 6.45) is 11.4. The topological polar surface area (TPSA) is 52.6 Å². The number of ketones is 1. The highest BCUT2D eigenvalue weighted by atomic mass is 16.5. The largest absolute Gasteiger partial charge is 0.463 e. The fourth-order valence-electron chi connectivity index (χ4n) is 7.62. The van der Waals surface area contributed by atoms with Gasteiger partial charge in [-0.15, -0.1) is 0 Å². The fourth-order valence-corrected chi connectivity index (χ4v) is 7.62. The first-order valence-corrected chi connectivity index (χ1v) is 11.2. The maximum atomic E-state index is 12.7. The number of carbonyl (C=O) groups excluding carboxylic acids is 2. The molecule has 0 aromatic heterocycles. The maximum absolute atomic E-state index is 12.7. The van der Waals surface area contributed by atoms with Crippen LogP contribution in [0.2, 0.25) is 0 Å². The molecule has 0 amide bonds. The second kappa shape index (κ2) is 7.27. The first-order valence-electron chi connectivity index (χ1n) is 11.2. The third-order valence-electron chi connectivity index (χ3n) is 9.03. The summed E-state index contributed by atoms with van der Waals surface area (Å²) in [6, 6.07) is 0. The molecule has 0 saturated heterocycles. The van der Waals surface area contributed by atoms with Crippen molar-refractivity contribution in [1.29, 1.82) is 0 Å². The minimum absolute atomic E-state index is 0.0366. The van der Waals surface area contributed by atoms with Crippen LogP contribution >= 0.6 is 0 Å². The Morgan fingerprint density at radius 1 is 1.14 bits per heavy atom. The molecular formula is C24H36O4. The predicted octanol–water partition coefficient (Wildman–Crippen LogP) is 4.71. The molecule has 7 atom stereocenters. The zero-order valence-electron chi connectivity index (χ0n) is 18.0. The number of methoxy groups -OCH3 is 1. The normalized spacial score (nSPS) is 44.7. The van der Waals surface area contributed by atoms with Gasteiger partial charge in [0, 0.05) is 20.0 Å². The Morgan fingerprint density at radius 3 is 2.64 bits per heavy atom. The van der Waals surface area contributed by atoms with Crippen LogP contribution in [-0.2, 0) is 19.1 Å². The van der Waals surface area contributed by atoms with Crippen LogP contribution < -0.4 is 0 Å². The van der Waals surface area contributed by atoms with Crippen molar-refractivity contribution < 1.29 is 19.1 Å². The van der Waals surface area contributed by atoms with E-state index >= 15 is 0 Å². The number of rotatable bonds is 4. The van der Waals surface area contributed by atoms with Crippen molar-refractivity contribution in [1.82, 2.24) is 0 Å². The summed E-state index contributed by atoms with van der Waals surface area (Å²) >= 11 is 0. The first kappa shape index (κ1) is 20.1. The van der Waals surface area contributed by atoms with Crippen LogP contribution in [0, 0.1) is 34.5 Å². The molecule has 4 heteroatoms. The lowest BCUT2D eigenvalue weighted by Gasteiger charge is -2.59. The van der Waals surface area contributed by atoms with E-state index in [9.17, 15) is 9.59 Å². The van der Waals surface area contributed by atoms with E-state index in [4.69, 9.17) is 9.47 Å². The van der Waals surface area contributed by atoms with Crippen LogP contribution in [0.5, 0.6) is 0 Å². The van der Waals surface area contributed by atoms with Crippen molar-refractivity contribution in [2.24, 2.45) is 34.5 Å². The van der Waals surface area contributed by atoms with Gasteiger partial charge in [-0.1, -0.05) is 25.5 Å². The zero-order chi connectivity index (χ0) is 20.1. The van der Waals surface area contributed by atoms with Gasteiger partial charge in [0.1, 0.15) is 12.7 Å². The molecule has 3 saturated carbocycles. The predicted molar refractivity (Wildman–Crippen MR) is 108 cm³/mol. The van der Waals surface area contributed by atoms with E-state index < -0.39 is 0 Å². The maximum Gasteiger partial charge on any atom is 0.302 e. The smallest absolute Gasteiger partial charge is 0.302 e. The number of Topliss-reactive ketones (excluding diaryl/α,β-unsaturated/α-hetero) is 1. The molecule has 0 aliphatic heterocycles. The second-order valence-electron chi connectivity index (χ2n) is 10.3. The molecule has 2 unspecified atom stereocenters. The summed E-state index contributed by atoms with van der Waals surface area (Å²) in [6.45, 7) is 6.61. The Labute approximate surface area is 169 Å². The lowest BCUT2D eigenvalue weighted by Crippen LogP contribution is -2.52. The van der Waals surface area contributed by atoms with Gasteiger partial charge < -0.3 is 9.47 Å². The fraction of sp³-hybridized carbons (Fsp3) is 0.833. The molecule has 0 bridgehead atoms. The second-order valence-corrected chi connectivity index (χ2v) is 10.3. The highest BCUT2D eigenvalue weighted by Crippen LogP contribution is 2.66. The Kier molecular flexibility index (Phi) is 5.22. The van der Waals surface area contributed by atoms with Gasteiger partial charge in [0.2, 0.25) is 0 Å². The van der Waals surface area contributed by atoms with Crippen LogP contribution in [0.3, 0.4) is 0 Å². The molecule has 28 heavy (non-hydrogen) atoms. The van der Waals surface area contributed by atoms with Gasteiger partial charge in [0.25, 0.3) is 0 Å². The van der Waals surface area contributed by atoms with Crippen molar-refractivity contribution in [2.45, 2.75) is 78.2 Å². The first-order chi connectivity index (χ1) is 13.3. The number of allylic oxidation sites excluding steroid dienone is 2. The van der Waals surface area contributed by atoms with Crippen molar-refractivity contribution >= 4 is 11.8 Å². The summed E-state index contributed by atoms with van der Waals surface area (Å²) in [7, 11) is 1.62. The summed E-state index contributed by atoms with van der Waals surface area (Å²) in [5.41, 5.74) is 1.96. The van der Waals surface area contributed by atoms with Crippen molar-refractivity contribution in [3.8, 4) is 0 Å². The van der Waals surface area contributed by atoms with E-state index in [1.54, 1.807) is 12.7 Å². The van der Waals surface area contributed by atoms with Gasteiger partial charge in [-0.25, -0.2) is 0 Å². The Hall–Kier alpha value is -1.16. The van der Waals surface area contributed by atoms with Gasteiger partial charge in [0.05, 0.1) is 0 Å². The van der Waals surface area contributed by atoms with E-state index in [1.807, 2.05) is 0 Å². The number of fused-ring (bicyclic) bond motifs is 5.